The molecule has 1 aromatic heterocycles. The number of benzene rings is 4. The summed E-state index contributed by atoms with van der Waals surface area (Å²) in [6.07, 6.45) is 0. The first-order valence-electron chi connectivity index (χ1n) is 11.7. The number of nitrogens with one attached hydrogen (secondary N) is 1. The molecule has 4 aromatic carbocycles. The van der Waals surface area contributed by atoms with Crippen molar-refractivity contribution in [2.45, 2.75) is 18.7 Å². The topological polar surface area (TPSA) is 86.1 Å². The number of aromatic nitrogens is 3. The number of ether oxygens (including phenoxy) is 1. The highest BCUT2D eigenvalue weighted by atomic mass is 32.2. The van der Waals surface area contributed by atoms with Crippen LogP contribution in [0.1, 0.15) is 23.1 Å². The van der Waals surface area contributed by atoms with E-state index >= 15 is 0 Å². The lowest BCUT2D eigenvalue weighted by molar-refractivity contribution is -0.113. The summed E-state index contributed by atoms with van der Waals surface area (Å²) in [6.45, 7) is 1.72. The Hall–Kier alpha value is -4.43. The van der Waals surface area contributed by atoms with Gasteiger partial charge in [0.2, 0.25) is 5.91 Å². The van der Waals surface area contributed by atoms with Crippen LogP contribution in [-0.4, -0.2) is 32.2 Å². The summed E-state index contributed by atoms with van der Waals surface area (Å²) >= 11 is 1.29. The molecule has 0 saturated carbocycles. The van der Waals surface area contributed by atoms with Gasteiger partial charge in [-0.15, -0.1) is 10.2 Å². The fraction of sp³-hybridized carbons (Fsp3) is 0.103. The number of para-hydroxylation sites is 1. The number of ketones is 1. The Balaban J connectivity index is 1.32. The van der Waals surface area contributed by atoms with E-state index in [0.717, 1.165) is 22.2 Å². The quantitative estimate of drug-likeness (QED) is 0.196. The molecule has 0 radical (unpaired) electrons. The van der Waals surface area contributed by atoms with E-state index in [1.807, 2.05) is 77.4 Å². The molecule has 8 heteroatoms. The molecule has 5 aromatic rings. The Morgan fingerprint density at radius 1 is 0.865 bits per heavy atom. The lowest BCUT2D eigenvalue weighted by atomic mass is 10.1. The smallest absolute Gasteiger partial charge is 0.234 e. The zero-order valence-corrected chi connectivity index (χ0v) is 20.9. The molecule has 0 unspecified atom stereocenters. The Morgan fingerprint density at radius 3 is 2.38 bits per heavy atom. The zero-order chi connectivity index (χ0) is 25.6. The van der Waals surface area contributed by atoms with Crippen LogP contribution in [0.4, 0.5) is 5.69 Å². The van der Waals surface area contributed by atoms with Crippen molar-refractivity contribution >= 4 is 39.9 Å². The minimum Gasteiger partial charge on any atom is -0.485 e. The number of hydrogen-bond acceptors (Lipinski definition) is 6. The van der Waals surface area contributed by atoms with E-state index in [1.54, 1.807) is 24.3 Å². The molecule has 0 spiro atoms. The van der Waals surface area contributed by atoms with Crippen LogP contribution in [0, 0.1) is 0 Å². The number of thioether (sulfide) groups is 1. The predicted molar refractivity (Wildman–Crippen MR) is 145 cm³/mol. The van der Waals surface area contributed by atoms with Gasteiger partial charge in [0.25, 0.3) is 0 Å². The molecule has 5 rings (SSSR count). The number of fused-ring (bicyclic) bond motifs is 1. The van der Waals surface area contributed by atoms with Crippen LogP contribution in [0.15, 0.2) is 102 Å². The highest BCUT2D eigenvalue weighted by Gasteiger charge is 2.17. The highest BCUT2D eigenvalue weighted by Crippen LogP contribution is 2.27. The number of nitrogens with zero attached hydrogens (tertiary/aromatic N) is 3. The number of amides is 1. The van der Waals surface area contributed by atoms with Crippen molar-refractivity contribution in [1.29, 1.82) is 0 Å². The molecule has 1 amide bonds. The van der Waals surface area contributed by atoms with Crippen LogP contribution in [0.5, 0.6) is 5.75 Å². The third-order valence-electron chi connectivity index (χ3n) is 5.73. The van der Waals surface area contributed by atoms with Gasteiger partial charge in [-0.05, 0) is 54.8 Å². The average molecular weight is 509 g/mol. The van der Waals surface area contributed by atoms with Crippen molar-refractivity contribution < 1.29 is 14.3 Å². The fourth-order valence-corrected chi connectivity index (χ4v) is 4.67. The van der Waals surface area contributed by atoms with Gasteiger partial charge in [-0.2, -0.15) is 0 Å². The summed E-state index contributed by atoms with van der Waals surface area (Å²) in [7, 11) is 0. The first-order chi connectivity index (χ1) is 18.1. The van der Waals surface area contributed by atoms with Gasteiger partial charge in [0.15, 0.2) is 16.8 Å². The van der Waals surface area contributed by atoms with Crippen LogP contribution >= 0.6 is 11.8 Å². The van der Waals surface area contributed by atoms with E-state index in [4.69, 9.17) is 4.74 Å². The minimum atomic E-state index is -0.184. The van der Waals surface area contributed by atoms with Gasteiger partial charge in [0.1, 0.15) is 12.4 Å². The van der Waals surface area contributed by atoms with Gasteiger partial charge in [0.05, 0.1) is 5.75 Å². The van der Waals surface area contributed by atoms with Crippen LogP contribution in [0.2, 0.25) is 0 Å². The highest BCUT2D eigenvalue weighted by molar-refractivity contribution is 7.99. The number of carbonyl (C=O) groups excluding carboxylic acids is 2. The van der Waals surface area contributed by atoms with Crippen molar-refractivity contribution in [3.63, 3.8) is 0 Å². The zero-order valence-electron chi connectivity index (χ0n) is 20.1. The van der Waals surface area contributed by atoms with E-state index in [2.05, 4.69) is 15.5 Å². The van der Waals surface area contributed by atoms with Crippen molar-refractivity contribution in [2.75, 3.05) is 11.1 Å². The molecule has 0 aliphatic heterocycles. The van der Waals surface area contributed by atoms with Gasteiger partial charge >= 0.3 is 0 Å². The second-order valence-electron chi connectivity index (χ2n) is 8.31. The van der Waals surface area contributed by atoms with Crippen molar-refractivity contribution in [2.24, 2.45) is 0 Å². The molecule has 7 nitrogen and oxygen atoms in total. The Morgan fingerprint density at radius 2 is 1.59 bits per heavy atom. The van der Waals surface area contributed by atoms with E-state index < -0.39 is 0 Å². The SMILES string of the molecule is CC(=O)c1ccc(NC(=O)CSc2nnc(COc3cccc4ccccc34)n2-c2ccccc2)cc1. The summed E-state index contributed by atoms with van der Waals surface area (Å²) in [6, 6.07) is 30.6. The molecular formula is C29H24N4O3S. The van der Waals surface area contributed by atoms with Crippen molar-refractivity contribution in [3.8, 4) is 11.4 Å². The van der Waals surface area contributed by atoms with E-state index in [1.165, 1.54) is 18.7 Å². The lowest BCUT2D eigenvalue weighted by Gasteiger charge is -2.12. The van der Waals surface area contributed by atoms with E-state index in [9.17, 15) is 9.59 Å². The van der Waals surface area contributed by atoms with Crippen LogP contribution in [-0.2, 0) is 11.4 Å². The fourth-order valence-electron chi connectivity index (χ4n) is 3.90. The maximum atomic E-state index is 12.6. The summed E-state index contributed by atoms with van der Waals surface area (Å²) in [5.41, 5.74) is 2.11. The predicted octanol–water partition coefficient (Wildman–Crippen LogP) is 5.93. The molecule has 1 N–H and O–H groups in total. The monoisotopic (exact) mass is 508 g/mol. The van der Waals surface area contributed by atoms with E-state index in [0.29, 0.717) is 22.2 Å². The van der Waals surface area contributed by atoms with Gasteiger partial charge in [0, 0.05) is 22.3 Å². The van der Waals surface area contributed by atoms with Crippen molar-refractivity contribution in [1.82, 2.24) is 14.8 Å². The number of hydrogen-bond donors (Lipinski definition) is 1. The Bertz CT molecular complexity index is 1540. The summed E-state index contributed by atoms with van der Waals surface area (Å²) < 4.78 is 8.08. The minimum absolute atomic E-state index is 0.0195. The number of rotatable bonds is 9. The van der Waals surface area contributed by atoms with Crippen LogP contribution in [0.25, 0.3) is 16.5 Å². The second-order valence-corrected chi connectivity index (χ2v) is 9.25. The molecule has 1 heterocycles. The van der Waals surface area contributed by atoms with Crippen molar-refractivity contribution in [3.05, 3.63) is 108 Å². The first kappa shape index (κ1) is 24.3. The molecule has 184 valence electrons. The lowest BCUT2D eigenvalue weighted by Crippen LogP contribution is -2.15. The number of carbonyl (C=O) groups is 2. The average Bonchev–Trinajstić information content (AvgIpc) is 3.34. The summed E-state index contributed by atoms with van der Waals surface area (Å²) in [4.78, 5) is 24.1. The van der Waals surface area contributed by atoms with Gasteiger partial charge in [-0.25, -0.2) is 0 Å². The third kappa shape index (κ3) is 5.70. The normalized spacial score (nSPS) is 10.8. The van der Waals surface area contributed by atoms with Gasteiger partial charge < -0.3 is 10.1 Å². The maximum Gasteiger partial charge on any atom is 0.234 e. The Kier molecular flexibility index (Phi) is 7.28. The standard InChI is InChI=1S/C29H24N4O3S/c1-20(34)21-14-16-23(17-15-21)30-28(35)19-37-29-32-31-27(33(29)24-10-3-2-4-11-24)18-36-26-13-7-9-22-8-5-6-12-25(22)26/h2-17H,18-19H2,1H3,(H,30,35). The third-order valence-corrected chi connectivity index (χ3v) is 6.66. The molecule has 0 aliphatic carbocycles. The molecule has 0 fully saturated rings. The molecule has 0 bridgehead atoms. The second kappa shape index (κ2) is 11.1. The Labute approximate surface area is 218 Å². The number of Topliss-reactive ketones (excluding diaryl/α,β-unsaturated/α-hetero) is 1. The largest absolute Gasteiger partial charge is 0.485 e. The summed E-state index contributed by atoms with van der Waals surface area (Å²) in [5.74, 6) is 1.33. The van der Waals surface area contributed by atoms with Gasteiger partial charge in [-0.3, -0.25) is 14.2 Å². The maximum absolute atomic E-state index is 12.6. The molecule has 37 heavy (non-hydrogen) atoms. The molecule has 0 saturated heterocycles. The van der Waals surface area contributed by atoms with Crippen LogP contribution in [0.3, 0.4) is 0 Å². The molecule has 0 atom stereocenters. The molecular weight excluding hydrogens is 484 g/mol. The van der Waals surface area contributed by atoms with E-state index in [-0.39, 0.29) is 24.1 Å². The first-order valence-corrected chi connectivity index (χ1v) is 12.7. The molecule has 0 aliphatic rings. The van der Waals surface area contributed by atoms with Crippen LogP contribution < -0.4 is 10.1 Å². The summed E-state index contributed by atoms with van der Waals surface area (Å²) in [5, 5.41) is 14.3. The number of anilines is 1. The van der Waals surface area contributed by atoms with Gasteiger partial charge in [-0.1, -0.05) is 66.4 Å².